The minimum absolute atomic E-state index is 0.141. The summed E-state index contributed by atoms with van der Waals surface area (Å²) in [6, 6.07) is 2.32. The molecule has 0 spiro atoms. The molecule has 0 saturated carbocycles. The molecule has 1 rings (SSSR count). The van der Waals surface area contributed by atoms with Crippen LogP contribution >= 0.6 is 0 Å². The second-order valence-electron chi connectivity index (χ2n) is 3.95. The number of carbonyl (C=O) groups excluding carboxylic acids is 1. The fourth-order valence-corrected chi connectivity index (χ4v) is 1.58. The van der Waals surface area contributed by atoms with Crippen LogP contribution < -0.4 is 0 Å². The van der Waals surface area contributed by atoms with Gasteiger partial charge in [0.15, 0.2) is 0 Å². The van der Waals surface area contributed by atoms with Crippen molar-refractivity contribution in [2.45, 2.75) is 25.6 Å². The maximum atomic E-state index is 13.2. The number of carbonyl (C=O) groups is 1. The zero-order valence-corrected chi connectivity index (χ0v) is 10.2. The Labute approximate surface area is 106 Å². The molecular weight excluding hydrogens is 268 g/mol. The number of halogens is 4. The first-order chi connectivity index (χ1) is 8.62. The minimum Gasteiger partial charge on any atom is -0.463 e. The number of esters is 1. The van der Waals surface area contributed by atoms with Gasteiger partial charge in [-0.15, -0.1) is 0 Å². The van der Waals surface area contributed by atoms with Gasteiger partial charge in [-0.25, -0.2) is 9.18 Å². The van der Waals surface area contributed by atoms with Gasteiger partial charge < -0.3 is 9.84 Å². The number of alkyl halides is 3. The van der Waals surface area contributed by atoms with Crippen LogP contribution in [0.4, 0.5) is 17.6 Å². The summed E-state index contributed by atoms with van der Waals surface area (Å²) in [6.07, 6.45) is -5.32. The van der Waals surface area contributed by atoms with E-state index in [-0.39, 0.29) is 12.2 Å². The molecule has 0 aliphatic heterocycles. The average molecular weight is 280 g/mol. The first-order valence-corrected chi connectivity index (χ1v) is 5.37. The van der Waals surface area contributed by atoms with Crippen molar-refractivity contribution in [2.24, 2.45) is 0 Å². The monoisotopic (exact) mass is 280 g/mol. The van der Waals surface area contributed by atoms with E-state index >= 15 is 0 Å². The fraction of sp³-hybridized carbons (Fsp3) is 0.417. The highest BCUT2D eigenvalue weighted by molar-refractivity contribution is 5.82. The highest BCUT2D eigenvalue weighted by Crippen LogP contribution is 2.40. The quantitative estimate of drug-likeness (QED) is 0.683. The lowest BCUT2D eigenvalue weighted by atomic mass is 9.91. The topological polar surface area (TPSA) is 46.5 Å². The van der Waals surface area contributed by atoms with Crippen LogP contribution in [0.15, 0.2) is 18.2 Å². The van der Waals surface area contributed by atoms with Crippen LogP contribution in [0.25, 0.3) is 0 Å². The Morgan fingerprint density at radius 2 is 1.89 bits per heavy atom. The number of rotatable bonds is 3. The van der Waals surface area contributed by atoms with E-state index in [1.807, 2.05) is 0 Å². The molecule has 3 nitrogen and oxygen atoms in total. The van der Waals surface area contributed by atoms with E-state index in [9.17, 15) is 27.5 Å². The predicted molar refractivity (Wildman–Crippen MR) is 57.7 cm³/mol. The summed E-state index contributed by atoms with van der Waals surface area (Å²) in [6.45, 7) is 2.30. The Balaban J connectivity index is 3.44. The maximum Gasteiger partial charge on any atom is 0.432 e. The van der Waals surface area contributed by atoms with Crippen LogP contribution in [0.3, 0.4) is 0 Å². The van der Waals surface area contributed by atoms with Crippen molar-refractivity contribution in [3.05, 3.63) is 35.1 Å². The average Bonchev–Trinajstić information content (AvgIpc) is 2.25. The summed E-state index contributed by atoms with van der Waals surface area (Å²) in [5.74, 6) is -2.87. The van der Waals surface area contributed by atoms with Gasteiger partial charge in [-0.2, -0.15) is 13.2 Å². The largest absolute Gasteiger partial charge is 0.463 e. The van der Waals surface area contributed by atoms with Gasteiger partial charge in [0.1, 0.15) is 5.82 Å². The van der Waals surface area contributed by atoms with Crippen LogP contribution in [-0.4, -0.2) is 23.9 Å². The van der Waals surface area contributed by atoms with E-state index in [0.29, 0.717) is 6.07 Å². The van der Waals surface area contributed by atoms with Crippen LogP contribution in [0.1, 0.15) is 18.1 Å². The molecule has 106 valence electrons. The van der Waals surface area contributed by atoms with Crippen molar-refractivity contribution < 1.29 is 32.2 Å². The lowest BCUT2D eigenvalue weighted by molar-refractivity contribution is -0.267. The smallest absolute Gasteiger partial charge is 0.432 e. The van der Waals surface area contributed by atoms with E-state index in [2.05, 4.69) is 4.74 Å². The molecule has 7 heteroatoms. The molecule has 0 saturated heterocycles. The van der Waals surface area contributed by atoms with Gasteiger partial charge in [0, 0.05) is 5.56 Å². The van der Waals surface area contributed by atoms with E-state index in [4.69, 9.17) is 0 Å². The summed E-state index contributed by atoms with van der Waals surface area (Å²) in [5, 5.41) is 9.70. The van der Waals surface area contributed by atoms with Gasteiger partial charge in [-0.05, 0) is 31.5 Å². The number of benzene rings is 1. The molecular formula is C12H12F4O3. The first-order valence-electron chi connectivity index (χ1n) is 5.37. The van der Waals surface area contributed by atoms with Crippen LogP contribution in [0.5, 0.6) is 0 Å². The molecule has 0 bridgehead atoms. The van der Waals surface area contributed by atoms with E-state index in [1.165, 1.54) is 13.8 Å². The molecule has 0 amide bonds. The zero-order chi connectivity index (χ0) is 14.8. The molecule has 0 aromatic heterocycles. The molecule has 0 aliphatic carbocycles. The lowest BCUT2D eigenvalue weighted by Gasteiger charge is -2.28. The second-order valence-corrected chi connectivity index (χ2v) is 3.95. The molecule has 1 aromatic carbocycles. The molecule has 1 aromatic rings. The maximum absolute atomic E-state index is 13.2. The summed E-state index contributed by atoms with van der Waals surface area (Å²) in [7, 11) is 0. The number of hydrogen-bond donors (Lipinski definition) is 1. The van der Waals surface area contributed by atoms with Gasteiger partial charge in [0.25, 0.3) is 5.60 Å². The summed E-state index contributed by atoms with van der Waals surface area (Å²) >= 11 is 0. The normalized spacial score (nSPS) is 14.9. The Kier molecular flexibility index (Phi) is 4.19. The van der Waals surface area contributed by atoms with Crippen LogP contribution in [-0.2, 0) is 15.1 Å². The molecule has 1 unspecified atom stereocenters. The van der Waals surface area contributed by atoms with Gasteiger partial charge in [0.05, 0.1) is 6.61 Å². The summed E-state index contributed by atoms with van der Waals surface area (Å²) < 4.78 is 56.3. The third-order valence-electron chi connectivity index (χ3n) is 2.44. The molecule has 0 heterocycles. The van der Waals surface area contributed by atoms with Gasteiger partial charge in [-0.3, -0.25) is 0 Å². The standard InChI is InChI=1S/C12H12F4O3/c1-3-19-10(17)11(18,12(14,15)16)8-4-7(2)5-9(13)6-8/h4-6,18H,3H2,1-2H3. The Morgan fingerprint density at radius 1 is 1.32 bits per heavy atom. The molecule has 0 aliphatic rings. The summed E-state index contributed by atoms with van der Waals surface area (Å²) in [4.78, 5) is 11.4. The third-order valence-corrected chi connectivity index (χ3v) is 2.44. The predicted octanol–water partition coefficient (Wildman–Crippen LogP) is 2.45. The fourth-order valence-electron chi connectivity index (χ4n) is 1.58. The minimum atomic E-state index is -5.32. The number of ether oxygens (including phenoxy) is 1. The van der Waals surface area contributed by atoms with E-state index in [0.717, 1.165) is 12.1 Å². The Bertz CT molecular complexity index is 464. The van der Waals surface area contributed by atoms with Crippen molar-refractivity contribution in [1.29, 1.82) is 0 Å². The van der Waals surface area contributed by atoms with Gasteiger partial charge in [0.2, 0.25) is 0 Å². The SMILES string of the molecule is CCOC(=O)C(O)(c1cc(C)cc(F)c1)C(F)(F)F. The van der Waals surface area contributed by atoms with Crippen molar-refractivity contribution in [1.82, 2.24) is 0 Å². The molecule has 19 heavy (non-hydrogen) atoms. The lowest BCUT2D eigenvalue weighted by Crippen LogP contribution is -2.50. The molecule has 1 atom stereocenters. The highest BCUT2D eigenvalue weighted by Gasteiger charge is 2.62. The number of aryl methyl sites for hydroxylation is 1. The van der Waals surface area contributed by atoms with Gasteiger partial charge >= 0.3 is 12.1 Å². The molecule has 0 fully saturated rings. The van der Waals surface area contributed by atoms with Crippen LogP contribution in [0, 0.1) is 12.7 Å². The number of aliphatic hydroxyl groups is 1. The highest BCUT2D eigenvalue weighted by atomic mass is 19.4. The number of hydrogen-bond acceptors (Lipinski definition) is 3. The second kappa shape index (κ2) is 5.16. The van der Waals surface area contributed by atoms with Crippen molar-refractivity contribution in [3.8, 4) is 0 Å². The summed E-state index contributed by atoms with van der Waals surface area (Å²) in [5.41, 5.74) is -4.64. The van der Waals surface area contributed by atoms with Crippen LogP contribution in [0.2, 0.25) is 0 Å². The van der Waals surface area contributed by atoms with Gasteiger partial charge in [-0.1, -0.05) is 6.07 Å². The van der Waals surface area contributed by atoms with Crippen molar-refractivity contribution in [2.75, 3.05) is 6.61 Å². The zero-order valence-electron chi connectivity index (χ0n) is 10.2. The van der Waals surface area contributed by atoms with E-state index in [1.54, 1.807) is 0 Å². The van der Waals surface area contributed by atoms with Crippen molar-refractivity contribution >= 4 is 5.97 Å². The Hall–Kier alpha value is -1.63. The third kappa shape index (κ3) is 2.86. The molecule has 1 N–H and O–H groups in total. The molecule has 0 radical (unpaired) electrons. The van der Waals surface area contributed by atoms with E-state index < -0.39 is 29.1 Å². The van der Waals surface area contributed by atoms with Crippen molar-refractivity contribution in [3.63, 3.8) is 0 Å². The first kappa shape index (κ1) is 15.4. The Morgan fingerprint density at radius 3 is 2.32 bits per heavy atom.